The van der Waals surface area contributed by atoms with E-state index in [1.165, 1.54) is 11.3 Å². The van der Waals surface area contributed by atoms with Crippen LogP contribution in [0.3, 0.4) is 0 Å². The number of hydrogen-bond donors (Lipinski definition) is 1. The highest BCUT2D eigenvalue weighted by atomic mass is 32.2. The summed E-state index contributed by atoms with van der Waals surface area (Å²) in [6.45, 7) is 0. The molecule has 4 nitrogen and oxygen atoms in total. The quantitative estimate of drug-likeness (QED) is 0.927. The SMILES string of the molecule is O=C(N[C@H]1CCS(=O)(=O)c2ccccc21)c1sccc1C1CC1. The highest BCUT2D eigenvalue weighted by molar-refractivity contribution is 7.91. The molecule has 1 aliphatic heterocycles. The van der Waals surface area contributed by atoms with Gasteiger partial charge in [-0.2, -0.15) is 0 Å². The number of rotatable bonds is 3. The van der Waals surface area contributed by atoms with Gasteiger partial charge in [-0.3, -0.25) is 4.79 Å². The predicted molar refractivity (Wildman–Crippen MR) is 89.6 cm³/mol. The summed E-state index contributed by atoms with van der Waals surface area (Å²) < 4.78 is 24.3. The number of nitrogens with one attached hydrogen (secondary N) is 1. The number of carbonyl (C=O) groups excluding carboxylic acids is 1. The molecule has 1 atom stereocenters. The van der Waals surface area contributed by atoms with Crippen molar-refractivity contribution in [2.24, 2.45) is 0 Å². The van der Waals surface area contributed by atoms with Gasteiger partial charge in [0, 0.05) is 0 Å². The first-order valence-electron chi connectivity index (χ1n) is 7.76. The van der Waals surface area contributed by atoms with E-state index < -0.39 is 9.84 Å². The lowest BCUT2D eigenvalue weighted by atomic mass is 10.0. The zero-order chi connectivity index (χ0) is 16.0. The van der Waals surface area contributed by atoms with Crippen molar-refractivity contribution in [2.45, 2.75) is 36.1 Å². The van der Waals surface area contributed by atoms with Crippen LogP contribution in [0.25, 0.3) is 0 Å². The molecule has 0 saturated heterocycles. The van der Waals surface area contributed by atoms with E-state index in [4.69, 9.17) is 0 Å². The van der Waals surface area contributed by atoms with Gasteiger partial charge in [-0.25, -0.2) is 8.42 Å². The second-order valence-corrected chi connectivity index (χ2v) is 9.14. The molecule has 1 amide bonds. The van der Waals surface area contributed by atoms with Crippen LogP contribution < -0.4 is 5.32 Å². The molecule has 0 radical (unpaired) electrons. The maximum absolute atomic E-state index is 12.6. The average Bonchev–Trinajstić information content (AvgIpc) is 3.27. The molecule has 0 bridgehead atoms. The molecule has 4 rings (SSSR count). The minimum Gasteiger partial charge on any atom is -0.344 e. The van der Waals surface area contributed by atoms with Crippen molar-refractivity contribution < 1.29 is 13.2 Å². The fourth-order valence-corrected chi connectivity index (χ4v) is 5.69. The summed E-state index contributed by atoms with van der Waals surface area (Å²) in [5, 5.41) is 5.01. The van der Waals surface area contributed by atoms with Crippen molar-refractivity contribution >= 4 is 27.1 Å². The van der Waals surface area contributed by atoms with Crippen LogP contribution in [0, 0.1) is 0 Å². The molecule has 1 aliphatic carbocycles. The first-order chi connectivity index (χ1) is 11.1. The van der Waals surface area contributed by atoms with Gasteiger partial charge in [0.05, 0.1) is 21.6 Å². The van der Waals surface area contributed by atoms with E-state index in [0.717, 1.165) is 23.3 Å². The van der Waals surface area contributed by atoms with Gasteiger partial charge < -0.3 is 5.32 Å². The molecule has 1 saturated carbocycles. The van der Waals surface area contributed by atoms with Crippen LogP contribution in [0.15, 0.2) is 40.6 Å². The van der Waals surface area contributed by atoms with E-state index in [1.807, 2.05) is 17.5 Å². The van der Waals surface area contributed by atoms with E-state index >= 15 is 0 Å². The third-order valence-corrected chi connectivity index (χ3v) is 7.27. The minimum absolute atomic E-state index is 0.0783. The molecule has 1 aromatic heterocycles. The fraction of sp³-hybridized carbons (Fsp3) is 0.353. The predicted octanol–water partition coefficient (Wildman–Crippen LogP) is 3.27. The number of fused-ring (bicyclic) bond motifs is 1. The van der Waals surface area contributed by atoms with Gasteiger partial charge in [0.25, 0.3) is 5.91 Å². The highest BCUT2D eigenvalue weighted by Crippen LogP contribution is 2.43. The van der Waals surface area contributed by atoms with Crippen LogP contribution in [0.2, 0.25) is 0 Å². The van der Waals surface area contributed by atoms with E-state index in [9.17, 15) is 13.2 Å². The van der Waals surface area contributed by atoms with Crippen LogP contribution in [0.1, 0.15) is 52.0 Å². The van der Waals surface area contributed by atoms with Gasteiger partial charge in [0.1, 0.15) is 0 Å². The molecule has 0 spiro atoms. The Balaban J connectivity index is 1.62. The number of hydrogen-bond acceptors (Lipinski definition) is 4. The Morgan fingerprint density at radius 2 is 1.87 bits per heavy atom. The van der Waals surface area contributed by atoms with Gasteiger partial charge in [-0.1, -0.05) is 18.2 Å². The number of benzene rings is 1. The largest absolute Gasteiger partial charge is 0.344 e. The summed E-state index contributed by atoms with van der Waals surface area (Å²) in [6.07, 6.45) is 2.73. The summed E-state index contributed by atoms with van der Waals surface area (Å²) in [4.78, 5) is 13.8. The van der Waals surface area contributed by atoms with Gasteiger partial charge in [-0.15, -0.1) is 11.3 Å². The lowest BCUT2D eigenvalue weighted by molar-refractivity contribution is 0.0938. The normalized spacial score (nSPS) is 22.3. The molecular weight excluding hydrogens is 330 g/mol. The van der Waals surface area contributed by atoms with Crippen molar-refractivity contribution in [3.8, 4) is 0 Å². The topological polar surface area (TPSA) is 63.2 Å². The Hall–Kier alpha value is -1.66. The number of amides is 1. The maximum Gasteiger partial charge on any atom is 0.262 e. The van der Waals surface area contributed by atoms with Crippen molar-refractivity contribution in [3.05, 3.63) is 51.7 Å². The lowest BCUT2D eigenvalue weighted by Gasteiger charge is -2.26. The summed E-state index contributed by atoms with van der Waals surface area (Å²) in [5.74, 6) is 0.525. The zero-order valence-corrected chi connectivity index (χ0v) is 14.1. The third-order valence-electron chi connectivity index (χ3n) is 4.53. The van der Waals surface area contributed by atoms with Crippen molar-refractivity contribution in [1.82, 2.24) is 5.32 Å². The van der Waals surface area contributed by atoms with Crippen LogP contribution in [-0.2, 0) is 9.84 Å². The second-order valence-electron chi connectivity index (χ2n) is 6.15. The Labute approximate surface area is 139 Å². The maximum atomic E-state index is 12.6. The Morgan fingerprint density at radius 1 is 1.09 bits per heavy atom. The van der Waals surface area contributed by atoms with E-state index in [1.54, 1.807) is 18.2 Å². The molecule has 2 heterocycles. The van der Waals surface area contributed by atoms with Crippen molar-refractivity contribution in [2.75, 3.05) is 5.75 Å². The smallest absolute Gasteiger partial charge is 0.262 e. The average molecular weight is 347 g/mol. The van der Waals surface area contributed by atoms with Gasteiger partial charge in [-0.05, 0) is 53.8 Å². The Kier molecular flexibility index (Phi) is 3.54. The molecule has 0 unspecified atom stereocenters. The summed E-state index contributed by atoms with van der Waals surface area (Å²) in [7, 11) is -3.22. The standard InChI is InChI=1S/C17H17NO3S2/c19-17(16-12(7-9-22-16)11-5-6-11)18-14-8-10-23(20,21)15-4-2-1-3-13(14)15/h1-4,7,9,11,14H,5-6,8,10H2,(H,18,19)/t14-/m0/s1. The van der Waals surface area contributed by atoms with E-state index in [0.29, 0.717) is 22.8 Å². The van der Waals surface area contributed by atoms with Crippen molar-refractivity contribution in [3.63, 3.8) is 0 Å². The molecule has 1 aromatic carbocycles. The molecular formula is C17H17NO3S2. The Morgan fingerprint density at radius 3 is 2.65 bits per heavy atom. The second kappa shape index (κ2) is 5.46. The van der Waals surface area contributed by atoms with Gasteiger partial charge in [0.2, 0.25) is 0 Å². The molecule has 120 valence electrons. The summed E-state index contributed by atoms with van der Waals surface area (Å²) in [6, 6.07) is 8.77. The molecule has 2 aliphatic rings. The zero-order valence-electron chi connectivity index (χ0n) is 12.5. The minimum atomic E-state index is -3.22. The number of sulfone groups is 1. The molecule has 2 aromatic rings. The van der Waals surface area contributed by atoms with Crippen LogP contribution in [0.4, 0.5) is 0 Å². The first kappa shape index (κ1) is 14.9. The molecule has 1 N–H and O–H groups in total. The molecule has 23 heavy (non-hydrogen) atoms. The lowest BCUT2D eigenvalue weighted by Crippen LogP contribution is -2.33. The van der Waals surface area contributed by atoms with Gasteiger partial charge in [0.15, 0.2) is 9.84 Å². The highest BCUT2D eigenvalue weighted by Gasteiger charge is 2.33. The van der Waals surface area contributed by atoms with Gasteiger partial charge >= 0.3 is 0 Å². The first-order valence-corrected chi connectivity index (χ1v) is 10.3. The fourth-order valence-electron chi connectivity index (χ4n) is 3.18. The van der Waals surface area contributed by atoms with Crippen LogP contribution in [-0.4, -0.2) is 20.1 Å². The van der Waals surface area contributed by atoms with Crippen LogP contribution in [0.5, 0.6) is 0 Å². The Bertz CT molecular complexity index is 865. The molecule has 6 heteroatoms. The van der Waals surface area contributed by atoms with E-state index in [-0.39, 0.29) is 17.7 Å². The third kappa shape index (κ3) is 2.70. The monoisotopic (exact) mass is 347 g/mol. The number of carbonyl (C=O) groups is 1. The van der Waals surface area contributed by atoms with Crippen molar-refractivity contribution in [1.29, 1.82) is 0 Å². The van der Waals surface area contributed by atoms with Crippen LogP contribution >= 0.6 is 11.3 Å². The van der Waals surface area contributed by atoms with E-state index in [2.05, 4.69) is 5.32 Å². The summed E-state index contributed by atoms with van der Waals surface area (Å²) in [5.41, 5.74) is 1.85. The number of thiophene rings is 1. The molecule has 1 fully saturated rings. The summed E-state index contributed by atoms with van der Waals surface area (Å²) >= 11 is 1.47.